The fourth-order valence-electron chi connectivity index (χ4n) is 2.96. The van der Waals surface area contributed by atoms with E-state index in [9.17, 15) is 8.78 Å². The Balaban J connectivity index is 1.54. The highest BCUT2D eigenvalue weighted by Crippen LogP contribution is 2.28. The number of hydrogen-bond donors (Lipinski definition) is 1. The van der Waals surface area contributed by atoms with Crippen LogP contribution in [0.5, 0.6) is 5.88 Å². The van der Waals surface area contributed by atoms with E-state index in [1.807, 2.05) is 23.1 Å². The van der Waals surface area contributed by atoms with E-state index in [1.54, 1.807) is 0 Å². The third-order valence-electron chi connectivity index (χ3n) is 4.33. The number of alkyl halides is 2. The van der Waals surface area contributed by atoms with E-state index in [2.05, 4.69) is 10.3 Å². The highest BCUT2D eigenvalue weighted by Gasteiger charge is 2.33. The smallest absolute Gasteiger partial charge is 0.250 e. The summed E-state index contributed by atoms with van der Waals surface area (Å²) in [6, 6.07) is 5.73. The van der Waals surface area contributed by atoms with Crippen molar-refractivity contribution in [3.63, 3.8) is 0 Å². The molecule has 1 aromatic rings. The first kappa shape index (κ1) is 15.6. The Morgan fingerprint density at radius 2 is 1.95 bits per heavy atom. The highest BCUT2D eigenvalue weighted by atomic mass is 19.3. The molecule has 0 unspecified atom stereocenters. The quantitative estimate of drug-likeness (QED) is 0.927. The first-order valence-corrected chi connectivity index (χ1v) is 8.04. The van der Waals surface area contributed by atoms with E-state index in [0.717, 1.165) is 31.6 Å². The molecular formula is C16H23F2N3O. The summed E-state index contributed by atoms with van der Waals surface area (Å²) in [6.45, 7) is 3.42. The first-order chi connectivity index (χ1) is 10.6. The van der Waals surface area contributed by atoms with Gasteiger partial charge in [0.2, 0.25) is 5.88 Å². The lowest BCUT2D eigenvalue weighted by Gasteiger charge is -2.31. The van der Waals surface area contributed by atoms with Crippen LogP contribution < -0.4 is 10.1 Å². The van der Waals surface area contributed by atoms with Gasteiger partial charge in [-0.25, -0.2) is 13.8 Å². The molecule has 2 aliphatic rings. The minimum atomic E-state index is -2.50. The van der Waals surface area contributed by atoms with Gasteiger partial charge in [0.15, 0.2) is 0 Å². The average Bonchev–Trinajstić information content (AvgIpc) is 2.51. The molecule has 0 aromatic carbocycles. The molecular weight excluding hydrogens is 288 g/mol. The van der Waals surface area contributed by atoms with E-state index in [1.165, 1.54) is 0 Å². The number of hydrogen-bond acceptors (Lipinski definition) is 4. The SMILES string of the molecule is FC1(F)CCN(Cc2cccc(OC3CCNCC3)n2)CC1. The summed E-state index contributed by atoms with van der Waals surface area (Å²) in [7, 11) is 0. The van der Waals surface area contributed by atoms with Gasteiger partial charge in [0.1, 0.15) is 6.10 Å². The summed E-state index contributed by atoms with van der Waals surface area (Å²) in [4.78, 5) is 6.56. The molecule has 0 atom stereocenters. The third kappa shape index (κ3) is 4.36. The Morgan fingerprint density at radius 1 is 1.23 bits per heavy atom. The zero-order valence-electron chi connectivity index (χ0n) is 12.7. The van der Waals surface area contributed by atoms with Crippen LogP contribution in [-0.4, -0.2) is 48.1 Å². The molecule has 2 aliphatic heterocycles. The fraction of sp³-hybridized carbons (Fsp3) is 0.688. The Bertz CT molecular complexity index is 482. The predicted octanol–water partition coefficient (Wildman–Crippen LogP) is 2.44. The highest BCUT2D eigenvalue weighted by molar-refractivity contribution is 5.16. The van der Waals surface area contributed by atoms with Gasteiger partial charge in [0.25, 0.3) is 5.92 Å². The Kier molecular flexibility index (Phi) is 4.88. The first-order valence-electron chi connectivity index (χ1n) is 8.04. The molecule has 0 aliphatic carbocycles. The maximum absolute atomic E-state index is 13.2. The monoisotopic (exact) mass is 311 g/mol. The molecule has 2 saturated heterocycles. The molecule has 0 bridgehead atoms. The lowest BCUT2D eigenvalue weighted by Crippen LogP contribution is -2.39. The third-order valence-corrected chi connectivity index (χ3v) is 4.33. The maximum Gasteiger partial charge on any atom is 0.250 e. The van der Waals surface area contributed by atoms with E-state index < -0.39 is 5.92 Å². The van der Waals surface area contributed by atoms with Crippen molar-refractivity contribution in [1.29, 1.82) is 0 Å². The van der Waals surface area contributed by atoms with Crippen LogP contribution in [0, 0.1) is 0 Å². The second kappa shape index (κ2) is 6.87. The minimum absolute atomic E-state index is 0.0573. The van der Waals surface area contributed by atoms with Gasteiger partial charge in [0, 0.05) is 38.5 Å². The summed E-state index contributed by atoms with van der Waals surface area (Å²) >= 11 is 0. The topological polar surface area (TPSA) is 37.4 Å². The molecule has 3 heterocycles. The van der Waals surface area contributed by atoms with Crippen molar-refractivity contribution in [2.24, 2.45) is 0 Å². The van der Waals surface area contributed by atoms with Crippen LogP contribution in [-0.2, 0) is 6.54 Å². The molecule has 0 saturated carbocycles. The fourth-order valence-corrected chi connectivity index (χ4v) is 2.96. The molecule has 22 heavy (non-hydrogen) atoms. The average molecular weight is 311 g/mol. The summed E-state index contributed by atoms with van der Waals surface area (Å²) in [6.07, 6.45) is 2.09. The molecule has 122 valence electrons. The lowest BCUT2D eigenvalue weighted by molar-refractivity contribution is -0.0568. The van der Waals surface area contributed by atoms with Gasteiger partial charge >= 0.3 is 0 Å². The van der Waals surface area contributed by atoms with Gasteiger partial charge in [-0.15, -0.1) is 0 Å². The molecule has 1 aromatic heterocycles. The van der Waals surface area contributed by atoms with Crippen LogP contribution in [0.15, 0.2) is 18.2 Å². The Morgan fingerprint density at radius 3 is 2.68 bits per heavy atom. The molecule has 1 N–H and O–H groups in total. The van der Waals surface area contributed by atoms with Crippen molar-refractivity contribution < 1.29 is 13.5 Å². The minimum Gasteiger partial charge on any atom is -0.474 e. The summed E-state index contributed by atoms with van der Waals surface area (Å²) in [5.74, 6) is -1.85. The molecule has 6 heteroatoms. The van der Waals surface area contributed by atoms with Gasteiger partial charge in [-0.1, -0.05) is 6.07 Å². The van der Waals surface area contributed by atoms with Crippen molar-refractivity contribution >= 4 is 0 Å². The summed E-state index contributed by atoms with van der Waals surface area (Å²) in [5.41, 5.74) is 0.886. The second-order valence-corrected chi connectivity index (χ2v) is 6.17. The summed E-state index contributed by atoms with van der Waals surface area (Å²) in [5, 5.41) is 3.30. The van der Waals surface area contributed by atoms with Gasteiger partial charge in [-0.05, 0) is 32.0 Å². The van der Waals surface area contributed by atoms with Crippen LogP contribution in [0.25, 0.3) is 0 Å². The van der Waals surface area contributed by atoms with Crippen LogP contribution in [0.1, 0.15) is 31.4 Å². The Labute approximate surface area is 129 Å². The number of likely N-dealkylation sites (tertiary alicyclic amines) is 1. The molecule has 0 amide bonds. The van der Waals surface area contributed by atoms with E-state index in [-0.39, 0.29) is 18.9 Å². The molecule has 3 rings (SSSR count). The number of nitrogens with zero attached hydrogens (tertiary/aromatic N) is 2. The number of rotatable bonds is 4. The van der Waals surface area contributed by atoms with Crippen LogP contribution in [0.2, 0.25) is 0 Å². The number of aromatic nitrogens is 1. The lowest BCUT2D eigenvalue weighted by atomic mass is 10.1. The molecule has 2 fully saturated rings. The number of halogens is 2. The summed E-state index contributed by atoms with van der Waals surface area (Å²) < 4.78 is 32.3. The van der Waals surface area contributed by atoms with Crippen molar-refractivity contribution in [2.75, 3.05) is 26.2 Å². The van der Waals surface area contributed by atoms with Gasteiger partial charge in [-0.2, -0.15) is 0 Å². The Hall–Kier alpha value is -1.27. The predicted molar refractivity (Wildman–Crippen MR) is 80.2 cm³/mol. The van der Waals surface area contributed by atoms with Crippen molar-refractivity contribution in [3.05, 3.63) is 23.9 Å². The van der Waals surface area contributed by atoms with Gasteiger partial charge in [-0.3, -0.25) is 4.90 Å². The number of piperidine rings is 2. The zero-order chi connectivity index (χ0) is 15.4. The number of nitrogens with one attached hydrogen (secondary N) is 1. The van der Waals surface area contributed by atoms with Crippen LogP contribution >= 0.6 is 0 Å². The van der Waals surface area contributed by atoms with E-state index >= 15 is 0 Å². The molecule has 4 nitrogen and oxygen atoms in total. The standard InChI is InChI=1S/C16H23F2N3O/c17-16(18)6-10-21(11-7-16)12-13-2-1-3-15(20-13)22-14-4-8-19-9-5-14/h1-3,14,19H,4-12H2. The molecule has 0 radical (unpaired) electrons. The van der Waals surface area contributed by atoms with Gasteiger partial charge in [0.05, 0.1) is 5.69 Å². The largest absolute Gasteiger partial charge is 0.474 e. The normalized spacial score (nSPS) is 23.4. The second-order valence-electron chi connectivity index (χ2n) is 6.17. The maximum atomic E-state index is 13.2. The number of pyridine rings is 1. The van der Waals surface area contributed by atoms with E-state index in [0.29, 0.717) is 25.5 Å². The number of ether oxygens (including phenoxy) is 1. The van der Waals surface area contributed by atoms with Gasteiger partial charge < -0.3 is 10.1 Å². The zero-order valence-corrected chi connectivity index (χ0v) is 12.7. The van der Waals surface area contributed by atoms with E-state index in [4.69, 9.17) is 4.74 Å². The van der Waals surface area contributed by atoms with Crippen molar-refractivity contribution in [2.45, 2.75) is 44.3 Å². The van der Waals surface area contributed by atoms with Crippen LogP contribution in [0.3, 0.4) is 0 Å². The van der Waals surface area contributed by atoms with Crippen molar-refractivity contribution in [3.8, 4) is 5.88 Å². The van der Waals surface area contributed by atoms with Crippen molar-refractivity contribution in [1.82, 2.24) is 15.2 Å². The van der Waals surface area contributed by atoms with Crippen LogP contribution in [0.4, 0.5) is 8.78 Å². The molecule has 0 spiro atoms.